The largest absolute Gasteiger partial charge is 0.238 e. The summed E-state index contributed by atoms with van der Waals surface area (Å²) in [6.45, 7) is 6.70. The summed E-state index contributed by atoms with van der Waals surface area (Å²) in [6, 6.07) is 0. The molecule has 0 saturated carbocycles. The molecule has 2 nitrogen and oxygen atoms in total. The van der Waals surface area contributed by atoms with Gasteiger partial charge in [-0.2, -0.15) is 0 Å². The first-order chi connectivity index (χ1) is 10.1. The van der Waals surface area contributed by atoms with Gasteiger partial charge >= 0.3 is 0 Å². The van der Waals surface area contributed by atoms with Crippen molar-refractivity contribution in [3.63, 3.8) is 0 Å². The molecule has 3 heteroatoms. The summed E-state index contributed by atoms with van der Waals surface area (Å²) in [4.78, 5) is 8.52. The van der Waals surface area contributed by atoms with Gasteiger partial charge in [-0.1, -0.05) is 72.1 Å². The van der Waals surface area contributed by atoms with Gasteiger partial charge in [0.15, 0.2) is 5.82 Å². The van der Waals surface area contributed by atoms with Gasteiger partial charge in [0, 0.05) is 5.41 Å². The zero-order valence-electron chi connectivity index (χ0n) is 14.0. The molecule has 1 aromatic rings. The van der Waals surface area contributed by atoms with E-state index < -0.39 is 0 Å². The summed E-state index contributed by atoms with van der Waals surface area (Å²) < 4.78 is 13.0. The van der Waals surface area contributed by atoms with Crippen molar-refractivity contribution in [2.45, 2.75) is 90.4 Å². The van der Waals surface area contributed by atoms with E-state index in [9.17, 15) is 4.39 Å². The summed E-state index contributed by atoms with van der Waals surface area (Å²) in [7, 11) is 0. The molecule has 1 aromatic heterocycles. The molecule has 120 valence electrons. The molecule has 0 bridgehead atoms. The van der Waals surface area contributed by atoms with E-state index in [4.69, 9.17) is 0 Å². The summed E-state index contributed by atoms with van der Waals surface area (Å²) >= 11 is 0. The lowest BCUT2D eigenvalue weighted by molar-refractivity contribution is 0.345. The average Bonchev–Trinajstić information content (AvgIpc) is 2.48. The minimum absolute atomic E-state index is 0.00488. The first-order valence-corrected chi connectivity index (χ1v) is 8.60. The Morgan fingerprint density at radius 3 is 1.90 bits per heavy atom. The van der Waals surface area contributed by atoms with Crippen LogP contribution in [0.3, 0.4) is 0 Å². The van der Waals surface area contributed by atoms with Crippen LogP contribution in [-0.4, -0.2) is 9.97 Å². The molecule has 0 radical (unpaired) electrons. The van der Waals surface area contributed by atoms with Crippen LogP contribution in [0.2, 0.25) is 0 Å². The van der Waals surface area contributed by atoms with E-state index in [1.54, 1.807) is 0 Å². The van der Waals surface area contributed by atoms with Crippen molar-refractivity contribution in [1.82, 2.24) is 9.97 Å². The van der Waals surface area contributed by atoms with E-state index in [-0.39, 0.29) is 11.2 Å². The Hall–Kier alpha value is -0.990. The van der Waals surface area contributed by atoms with Gasteiger partial charge in [-0.05, 0) is 12.8 Å². The number of nitrogens with zero attached hydrogens (tertiary/aromatic N) is 2. The molecule has 0 saturated heterocycles. The molecular formula is C18H31FN2. The van der Waals surface area contributed by atoms with E-state index in [1.165, 1.54) is 63.8 Å². The topological polar surface area (TPSA) is 25.8 Å². The van der Waals surface area contributed by atoms with E-state index in [0.29, 0.717) is 0 Å². The van der Waals surface area contributed by atoms with E-state index in [2.05, 4.69) is 30.7 Å². The minimum atomic E-state index is -0.349. The van der Waals surface area contributed by atoms with Gasteiger partial charge < -0.3 is 0 Å². The number of hydrogen-bond donors (Lipinski definition) is 0. The van der Waals surface area contributed by atoms with E-state index >= 15 is 0 Å². The van der Waals surface area contributed by atoms with Crippen LogP contribution in [0.5, 0.6) is 0 Å². The highest BCUT2D eigenvalue weighted by Crippen LogP contribution is 2.33. The Morgan fingerprint density at radius 2 is 1.33 bits per heavy atom. The molecule has 1 rings (SSSR count). The van der Waals surface area contributed by atoms with Crippen LogP contribution in [0, 0.1) is 5.82 Å². The molecule has 0 aliphatic carbocycles. The van der Waals surface area contributed by atoms with Crippen LogP contribution in [0.4, 0.5) is 4.39 Å². The summed E-state index contributed by atoms with van der Waals surface area (Å²) in [5.74, 6) is 0.466. The highest BCUT2D eigenvalue weighted by molar-refractivity contribution is 5.06. The van der Waals surface area contributed by atoms with Crippen LogP contribution in [0.1, 0.15) is 90.8 Å². The number of unbranched alkanes of at least 4 members (excludes halogenated alkanes) is 6. The van der Waals surface area contributed by atoms with Crippen molar-refractivity contribution < 1.29 is 4.39 Å². The van der Waals surface area contributed by atoms with Gasteiger partial charge in [-0.3, -0.25) is 0 Å². The number of hydrogen-bond acceptors (Lipinski definition) is 2. The van der Waals surface area contributed by atoms with Crippen molar-refractivity contribution in [2.24, 2.45) is 0 Å². The normalized spacial score (nSPS) is 14.1. The van der Waals surface area contributed by atoms with Crippen LogP contribution in [0.25, 0.3) is 0 Å². The molecule has 0 aliphatic heterocycles. The van der Waals surface area contributed by atoms with Gasteiger partial charge in [0.05, 0.1) is 12.4 Å². The second-order valence-electron chi connectivity index (χ2n) is 6.41. The Morgan fingerprint density at radius 1 is 0.857 bits per heavy atom. The molecule has 1 heterocycles. The van der Waals surface area contributed by atoms with E-state index in [0.717, 1.165) is 18.7 Å². The second kappa shape index (κ2) is 9.86. The number of aromatic nitrogens is 2. The Labute approximate surface area is 129 Å². The van der Waals surface area contributed by atoms with Gasteiger partial charge in [0.1, 0.15) is 5.82 Å². The molecule has 0 fully saturated rings. The lowest BCUT2D eigenvalue weighted by Gasteiger charge is -2.28. The van der Waals surface area contributed by atoms with Crippen molar-refractivity contribution >= 4 is 0 Å². The predicted octanol–water partition coefficient (Wildman–Crippen LogP) is 5.81. The first kappa shape index (κ1) is 18.1. The van der Waals surface area contributed by atoms with Crippen molar-refractivity contribution in [3.8, 4) is 0 Å². The molecule has 0 amide bonds. The fourth-order valence-corrected chi connectivity index (χ4v) is 2.86. The lowest BCUT2D eigenvalue weighted by atomic mass is 9.79. The average molecular weight is 294 g/mol. The predicted molar refractivity (Wildman–Crippen MR) is 86.9 cm³/mol. The number of rotatable bonds is 11. The van der Waals surface area contributed by atoms with Crippen molar-refractivity contribution in [1.29, 1.82) is 0 Å². The van der Waals surface area contributed by atoms with Gasteiger partial charge in [-0.15, -0.1) is 0 Å². The molecule has 21 heavy (non-hydrogen) atoms. The maximum absolute atomic E-state index is 13.0. The lowest BCUT2D eigenvalue weighted by Crippen LogP contribution is -2.25. The Kier molecular flexibility index (Phi) is 8.48. The molecule has 0 spiro atoms. The van der Waals surface area contributed by atoms with Gasteiger partial charge in [-0.25, -0.2) is 14.4 Å². The second-order valence-corrected chi connectivity index (χ2v) is 6.41. The highest BCUT2D eigenvalue weighted by Gasteiger charge is 2.28. The highest BCUT2D eigenvalue weighted by atomic mass is 19.1. The van der Waals surface area contributed by atoms with Gasteiger partial charge in [0.2, 0.25) is 0 Å². The molecule has 1 atom stereocenters. The van der Waals surface area contributed by atoms with Crippen molar-refractivity contribution in [3.05, 3.63) is 24.0 Å². The van der Waals surface area contributed by atoms with Crippen LogP contribution >= 0.6 is 0 Å². The van der Waals surface area contributed by atoms with E-state index in [1.807, 2.05) is 0 Å². The number of halogens is 1. The third-order valence-electron chi connectivity index (χ3n) is 4.32. The third kappa shape index (κ3) is 6.54. The maximum atomic E-state index is 13.0. The Bertz CT molecular complexity index is 377. The van der Waals surface area contributed by atoms with Gasteiger partial charge in [0.25, 0.3) is 0 Å². The fraction of sp³-hybridized carbons (Fsp3) is 0.778. The molecule has 1 unspecified atom stereocenters. The first-order valence-electron chi connectivity index (χ1n) is 8.60. The summed E-state index contributed by atoms with van der Waals surface area (Å²) in [6.07, 6.45) is 14.9. The summed E-state index contributed by atoms with van der Waals surface area (Å²) in [5, 5.41) is 0. The smallest absolute Gasteiger partial charge is 0.159 e. The van der Waals surface area contributed by atoms with Crippen LogP contribution < -0.4 is 0 Å². The Balaban J connectivity index is 2.62. The molecular weight excluding hydrogens is 263 g/mol. The molecule has 0 aromatic carbocycles. The SMILES string of the molecule is CCCCCCCC(C)(CCCCC)c1ncc(F)cn1. The monoisotopic (exact) mass is 294 g/mol. The molecule has 0 aliphatic rings. The molecule has 0 N–H and O–H groups in total. The van der Waals surface area contributed by atoms with Crippen molar-refractivity contribution in [2.75, 3.05) is 0 Å². The standard InChI is InChI=1S/C18H31FN2/c1-4-6-8-9-11-13-18(3,12-10-7-5-2)17-20-14-16(19)15-21-17/h14-15H,4-13H2,1-3H3. The quantitative estimate of drug-likeness (QED) is 0.481. The maximum Gasteiger partial charge on any atom is 0.159 e. The van der Waals surface area contributed by atoms with Crippen LogP contribution in [0.15, 0.2) is 12.4 Å². The third-order valence-corrected chi connectivity index (χ3v) is 4.32. The minimum Gasteiger partial charge on any atom is -0.238 e. The fourth-order valence-electron chi connectivity index (χ4n) is 2.86. The summed E-state index contributed by atoms with van der Waals surface area (Å²) in [5.41, 5.74) is -0.00488. The van der Waals surface area contributed by atoms with Crippen LogP contribution in [-0.2, 0) is 5.41 Å². The zero-order chi connectivity index (χ0) is 15.6. The zero-order valence-corrected chi connectivity index (χ0v) is 14.0.